The Labute approximate surface area is 146 Å². The van der Waals surface area contributed by atoms with Gasteiger partial charge < -0.3 is 9.80 Å². The van der Waals surface area contributed by atoms with E-state index in [0.29, 0.717) is 11.4 Å². The van der Waals surface area contributed by atoms with Crippen molar-refractivity contribution in [1.29, 1.82) is 0 Å². The number of hydrogen-bond acceptors (Lipinski definition) is 5. The summed E-state index contributed by atoms with van der Waals surface area (Å²) in [7, 11) is 1.99. The molecule has 25 heavy (non-hydrogen) atoms. The summed E-state index contributed by atoms with van der Waals surface area (Å²) in [5.74, 6) is 0.516. The summed E-state index contributed by atoms with van der Waals surface area (Å²) in [6, 6.07) is 7.02. The second-order valence-electron chi connectivity index (χ2n) is 6.71. The number of carbonyl (C=O) groups excluding carboxylic acids is 1. The summed E-state index contributed by atoms with van der Waals surface area (Å²) in [6.45, 7) is 5.81. The number of nitrogens with zero attached hydrogens (tertiary/aromatic N) is 4. The number of carbonyl (C=O) groups is 1. The Morgan fingerprint density at radius 1 is 1.48 bits per heavy atom. The number of likely N-dealkylation sites (tertiary alicyclic amines) is 1. The van der Waals surface area contributed by atoms with Gasteiger partial charge in [-0.15, -0.1) is 0 Å². The van der Waals surface area contributed by atoms with E-state index in [1.165, 1.54) is 6.07 Å². The molecule has 2 heterocycles. The molecule has 0 radical (unpaired) electrons. The third kappa shape index (κ3) is 3.40. The predicted octanol–water partition coefficient (Wildman–Crippen LogP) is 2.76. The van der Waals surface area contributed by atoms with Crippen LogP contribution in [0.15, 0.2) is 24.3 Å². The molecule has 0 unspecified atom stereocenters. The number of pyridine rings is 1. The van der Waals surface area contributed by atoms with Crippen molar-refractivity contribution >= 4 is 28.2 Å². The molecule has 2 aromatic rings. The number of nitro groups is 1. The van der Waals surface area contributed by atoms with Crippen molar-refractivity contribution in [2.45, 2.75) is 20.3 Å². The molecule has 1 aliphatic heterocycles. The molecule has 1 aliphatic rings. The molecule has 132 valence electrons. The number of nitro benzene ring substituents is 1. The predicted molar refractivity (Wildman–Crippen MR) is 96.8 cm³/mol. The molecule has 0 aliphatic carbocycles. The SMILES string of the molecule is CC(=O)N1CC[C@H](CN(C)c2cc(C)nc3c([N+](=O)[O-])cccc23)C1. The maximum Gasteiger partial charge on any atom is 0.295 e. The molecule has 1 saturated heterocycles. The fraction of sp³-hybridized carbons (Fsp3) is 0.444. The lowest BCUT2D eigenvalue weighted by molar-refractivity contribution is -0.383. The zero-order valence-electron chi connectivity index (χ0n) is 14.7. The molecular weight excluding hydrogens is 320 g/mol. The third-order valence-electron chi connectivity index (χ3n) is 4.80. The number of benzene rings is 1. The fourth-order valence-corrected chi connectivity index (χ4v) is 3.56. The minimum absolute atomic E-state index is 0.0273. The van der Waals surface area contributed by atoms with Crippen LogP contribution in [0.5, 0.6) is 0 Å². The van der Waals surface area contributed by atoms with E-state index in [4.69, 9.17) is 0 Å². The number of para-hydroxylation sites is 1. The molecule has 1 aromatic heterocycles. The highest BCUT2D eigenvalue weighted by molar-refractivity contribution is 5.97. The van der Waals surface area contributed by atoms with Crippen molar-refractivity contribution in [3.63, 3.8) is 0 Å². The van der Waals surface area contributed by atoms with Crippen molar-refractivity contribution in [2.24, 2.45) is 5.92 Å². The molecule has 3 rings (SSSR count). The molecule has 1 amide bonds. The van der Waals surface area contributed by atoms with Crippen LogP contribution in [0.25, 0.3) is 10.9 Å². The van der Waals surface area contributed by atoms with Crippen LogP contribution in [0, 0.1) is 23.0 Å². The third-order valence-corrected chi connectivity index (χ3v) is 4.80. The molecular formula is C18H22N4O3. The standard InChI is InChI=1S/C18H22N4O3/c1-12-9-17(15-5-4-6-16(22(24)25)18(15)19-12)20(3)10-14-7-8-21(11-14)13(2)23/h4-6,9,14H,7-8,10-11H2,1-3H3/t14-/m1/s1. The van der Waals surface area contributed by atoms with E-state index < -0.39 is 0 Å². The van der Waals surface area contributed by atoms with Gasteiger partial charge in [0.15, 0.2) is 5.52 Å². The van der Waals surface area contributed by atoms with Gasteiger partial charge in [-0.2, -0.15) is 0 Å². The first kappa shape index (κ1) is 17.1. The second-order valence-corrected chi connectivity index (χ2v) is 6.71. The van der Waals surface area contributed by atoms with Gasteiger partial charge in [0.2, 0.25) is 5.91 Å². The zero-order chi connectivity index (χ0) is 18.1. The summed E-state index contributed by atoms with van der Waals surface area (Å²) in [4.78, 5) is 30.8. The van der Waals surface area contributed by atoms with Crippen molar-refractivity contribution in [2.75, 3.05) is 31.6 Å². The Morgan fingerprint density at radius 2 is 2.24 bits per heavy atom. The molecule has 7 heteroatoms. The number of rotatable bonds is 4. The Morgan fingerprint density at radius 3 is 2.88 bits per heavy atom. The van der Waals surface area contributed by atoms with E-state index in [-0.39, 0.29) is 16.5 Å². The van der Waals surface area contributed by atoms with Crippen LogP contribution >= 0.6 is 0 Å². The minimum atomic E-state index is -0.389. The van der Waals surface area contributed by atoms with Crippen LogP contribution in [0.2, 0.25) is 0 Å². The van der Waals surface area contributed by atoms with Gasteiger partial charge >= 0.3 is 0 Å². The highest BCUT2D eigenvalue weighted by Crippen LogP contribution is 2.32. The number of non-ortho nitro benzene ring substituents is 1. The van der Waals surface area contributed by atoms with E-state index in [0.717, 1.165) is 42.8 Å². The van der Waals surface area contributed by atoms with Gasteiger partial charge in [0.25, 0.3) is 5.69 Å². The number of aromatic nitrogens is 1. The second kappa shape index (κ2) is 6.66. The van der Waals surface area contributed by atoms with Gasteiger partial charge in [0.1, 0.15) is 0 Å². The monoisotopic (exact) mass is 342 g/mol. The summed E-state index contributed by atoms with van der Waals surface area (Å²) < 4.78 is 0. The Balaban J connectivity index is 1.91. The van der Waals surface area contributed by atoms with Crippen molar-refractivity contribution in [1.82, 2.24) is 9.88 Å². The fourth-order valence-electron chi connectivity index (χ4n) is 3.56. The summed E-state index contributed by atoms with van der Waals surface area (Å²) >= 11 is 0. The molecule has 0 spiro atoms. The maximum atomic E-state index is 11.5. The Kier molecular flexibility index (Phi) is 4.57. The van der Waals surface area contributed by atoms with Crippen LogP contribution in [0.4, 0.5) is 11.4 Å². The normalized spacial score (nSPS) is 17.1. The van der Waals surface area contributed by atoms with E-state index in [1.807, 2.05) is 31.0 Å². The summed E-state index contributed by atoms with van der Waals surface area (Å²) in [5, 5.41) is 12.1. The summed E-state index contributed by atoms with van der Waals surface area (Å²) in [5.41, 5.74) is 2.14. The average molecular weight is 342 g/mol. The van der Waals surface area contributed by atoms with E-state index in [9.17, 15) is 14.9 Å². The van der Waals surface area contributed by atoms with Crippen molar-refractivity contribution in [3.05, 3.63) is 40.1 Å². The van der Waals surface area contributed by atoms with Crippen LogP contribution < -0.4 is 4.90 Å². The molecule has 0 N–H and O–H groups in total. The average Bonchev–Trinajstić information content (AvgIpc) is 3.02. The first-order valence-electron chi connectivity index (χ1n) is 8.38. The lowest BCUT2D eigenvalue weighted by Gasteiger charge is -2.25. The molecule has 0 saturated carbocycles. The molecule has 1 fully saturated rings. The van der Waals surface area contributed by atoms with Gasteiger partial charge in [-0.1, -0.05) is 12.1 Å². The van der Waals surface area contributed by atoms with Crippen molar-refractivity contribution < 1.29 is 9.72 Å². The molecule has 1 atom stereocenters. The number of aryl methyl sites for hydroxylation is 1. The summed E-state index contributed by atoms with van der Waals surface area (Å²) in [6.07, 6.45) is 0.978. The van der Waals surface area contributed by atoms with Gasteiger partial charge in [-0.05, 0) is 25.3 Å². The lowest BCUT2D eigenvalue weighted by Crippen LogP contribution is -2.30. The number of hydrogen-bond donors (Lipinski definition) is 0. The smallest absolute Gasteiger partial charge is 0.295 e. The van der Waals surface area contributed by atoms with Gasteiger partial charge in [-0.3, -0.25) is 14.9 Å². The maximum absolute atomic E-state index is 11.5. The first-order chi connectivity index (χ1) is 11.9. The first-order valence-corrected chi connectivity index (χ1v) is 8.38. The quantitative estimate of drug-likeness (QED) is 0.630. The lowest BCUT2D eigenvalue weighted by atomic mass is 10.1. The minimum Gasteiger partial charge on any atom is -0.374 e. The van der Waals surface area contributed by atoms with E-state index >= 15 is 0 Å². The molecule has 1 aromatic carbocycles. The zero-order valence-corrected chi connectivity index (χ0v) is 14.7. The van der Waals surface area contributed by atoms with Crippen LogP contribution in [0.3, 0.4) is 0 Å². The van der Waals surface area contributed by atoms with Gasteiger partial charge in [0.05, 0.1) is 4.92 Å². The number of anilines is 1. The van der Waals surface area contributed by atoms with Crippen LogP contribution in [-0.2, 0) is 4.79 Å². The highest BCUT2D eigenvalue weighted by atomic mass is 16.6. The topological polar surface area (TPSA) is 79.6 Å². The van der Waals surface area contributed by atoms with Gasteiger partial charge in [0, 0.05) is 56.4 Å². The van der Waals surface area contributed by atoms with Crippen molar-refractivity contribution in [3.8, 4) is 0 Å². The highest BCUT2D eigenvalue weighted by Gasteiger charge is 2.26. The number of amides is 1. The van der Waals surface area contributed by atoms with Crippen LogP contribution in [0.1, 0.15) is 19.0 Å². The van der Waals surface area contributed by atoms with E-state index in [2.05, 4.69) is 9.88 Å². The van der Waals surface area contributed by atoms with E-state index in [1.54, 1.807) is 13.0 Å². The molecule has 7 nitrogen and oxygen atoms in total. The number of fused-ring (bicyclic) bond motifs is 1. The van der Waals surface area contributed by atoms with Crippen LogP contribution in [-0.4, -0.2) is 47.4 Å². The van der Waals surface area contributed by atoms with Gasteiger partial charge in [-0.25, -0.2) is 4.98 Å². The Bertz CT molecular complexity index is 836. The Hall–Kier alpha value is -2.70. The molecule has 0 bridgehead atoms. The largest absolute Gasteiger partial charge is 0.374 e.